The fourth-order valence-electron chi connectivity index (χ4n) is 1.74. The molecule has 2 aromatic carbocycles. The number of aliphatic imine (C=N–C) groups is 1. The lowest BCUT2D eigenvalue weighted by Gasteiger charge is -2.11. The summed E-state index contributed by atoms with van der Waals surface area (Å²) in [5, 5.41) is 2.92. The molecule has 0 saturated carbocycles. The van der Waals surface area contributed by atoms with Crippen molar-refractivity contribution in [3.63, 3.8) is 0 Å². The Kier molecular flexibility index (Phi) is 5.47. The van der Waals surface area contributed by atoms with Crippen LogP contribution in [-0.4, -0.2) is 19.1 Å². The normalized spacial score (nSPS) is 11.6. The molecule has 0 radical (unpaired) electrons. The van der Waals surface area contributed by atoms with Crippen LogP contribution in [0.15, 0.2) is 53.5 Å². The molecule has 116 valence electrons. The maximum atomic E-state index is 12.4. The largest absolute Gasteiger partial charge is 0.459 e. The van der Waals surface area contributed by atoms with Crippen LogP contribution >= 0.6 is 0 Å². The van der Waals surface area contributed by atoms with Crippen molar-refractivity contribution in [2.45, 2.75) is 20.3 Å². The molecule has 22 heavy (non-hydrogen) atoms. The van der Waals surface area contributed by atoms with E-state index in [9.17, 15) is 8.78 Å². The van der Waals surface area contributed by atoms with E-state index in [-0.39, 0.29) is 6.02 Å². The topological polar surface area (TPSA) is 33.6 Å². The Labute approximate surface area is 128 Å². The Bertz CT molecular complexity index is 622. The van der Waals surface area contributed by atoms with Crippen LogP contribution in [0, 0.1) is 13.8 Å². The van der Waals surface area contributed by atoms with Crippen LogP contribution in [-0.2, 0) is 4.74 Å². The first-order valence-corrected chi connectivity index (χ1v) is 6.93. The van der Waals surface area contributed by atoms with Gasteiger partial charge in [-0.2, -0.15) is 4.99 Å². The van der Waals surface area contributed by atoms with Gasteiger partial charge in [-0.05, 0) is 38.1 Å². The number of halogens is 2. The Hall–Kier alpha value is -2.43. The minimum absolute atomic E-state index is 0.0491. The van der Waals surface area contributed by atoms with Crippen molar-refractivity contribution >= 4 is 17.4 Å². The molecule has 1 N–H and O–H groups in total. The summed E-state index contributed by atoms with van der Waals surface area (Å²) < 4.78 is 29.8. The predicted molar refractivity (Wildman–Crippen MR) is 85.0 cm³/mol. The van der Waals surface area contributed by atoms with E-state index in [1.165, 1.54) is 0 Å². The highest BCUT2D eigenvalue weighted by atomic mass is 19.3. The van der Waals surface area contributed by atoms with Crippen molar-refractivity contribution in [3.8, 4) is 0 Å². The van der Waals surface area contributed by atoms with Gasteiger partial charge in [0, 0.05) is 5.69 Å². The first kappa shape index (κ1) is 15.9. The van der Waals surface area contributed by atoms with Gasteiger partial charge in [-0.1, -0.05) is 35.4 Å². The molecule has 0 unspecified atom stereocenters. The quantitative estimate of drug-likeness (QED) is 0.657. The molecule has 2 aromatic rings. The Morgan fingerprint density at radius 3 is 2.09 bits per heavy atom. The molecule has 0 aliphatic rings. The van der Waals surface area contributed by atoms with Gasteiger partial charge in [0.05, 0.1) is 5.69 Å². The second-order valence-corrected chi connectivity index (χ2v) is 4.95. The predicted octanol–water partition coefficient (Wildman–Crippen LogP) is 4.68. The lowest BCUT2D eigenvalue weighted by atomic mass is 10.2. The highest BCUT2D eigenvalue weighted by Crippen LogP contribution is 2.15. The van der Waals surface area contributed by atoms with Crippen molar-refractivity contribution < 1.29 is 13.5 Å². The molecule has 0 spiro atoms. The molecule has 0 aliphatic heterocycles. The summed E-state index contributed by atoms with van der Waals surface area (Å²) in [6.45, 7) is 3.23. The molecule has 0 aromatic heterocycles. The number of alkyl halides is 2. The fourth-order valence-corrected chi connectivity index (χ4v) is 1.74. The Balaban J connectivity index is 2.17. The molecule has 0 fully saturated rings. The van der Waals surface area contributed by atoms with Gasteiger partial charge in [0.2, 0.25) is 0 Å². The van der Waals surface area contributed by atoms with E-state index in [2.05, 4.69) is 10.3 Å². The maximum absolute atomic E-state index is 12.4. The van der Waals surface area contributed by atoms with E-state index in [0.29, 0.717) is 5.69 Å². The number of ether oxygens (including phenoxy) is 1. The van der Waals surface area contributed by atoms with Crippen LogP contribution in [0.4, 0.5) is 20.2 Å². The molecule has 0 atom stereocenters. The van der Waals surface area contributed by atoms with Crippen molar-refractivity contribution in [3.05, 3.63) is 59.7 Å². The number of nitrogens with zero attached hydrogens (tertiary/aromatic N) is 1. The number of hydrogen-bond donors (Lipinski definition) is 1. The van der Waals surface area contributed by atoms with Crippen LogP contribution in [0.25, 0.3) is 0 Å². The first-order chi connectivity index (χ1) is 10.5. The fraction of sp³-hybridized carbons (Fsp3) is 0.235. The zero-order chi connectivity index (χ0) is 15.9. The summed E-state index contributed by atoms with van der Waals surface area (Å²) in [6, 6.07) is 15.0. The molecular formula is C17H18F2N2O. The highest BCUT2D eigenvalue weighted by molar-refractivity contribution is 5.90. The SMILES string of the molecule is Cc1ccc(N=C(Nc2ccc(C)cc2)OCC(F)F)cc1. The van der Waals surface area contributed by atoms with Crippen LogP contribution in [0.3, 0.4) is 0 Å². The molecule has 5 heteroatoms. The zero-order valence-electron chi connectivity index (χ0n) is 12.5. The third-order valence-electron chi connectivity index (χ3n) is 2.91. The van der Waals surface area contributed by atoms with Crippen LogP contribution < -0.4 is 5.32 Å². The monoisotopic (exact) mass is 304 g/mol. The van der Waals surface area contributed by atoms with Gasteiger partial charge in [-0.3, -0.25) is 0 Å². The summed E-state index contributed by atoms with van der Waals surface area (Å²) in [5.74, 6) is 0. The smallest absolute Gasteiger partial charge is 0.294 e. The van der Waals surface area contributed by atoms with E-state index >= 15 is 0 Å². The highest BCUT2D eigenvalue weighted by Gasteiger charge is 2.08. The molecule has 0 heterocycles. The molecule has 0 aliphatic carbocycles. The molecule has 2 rings (SSSR count). The third-order valence-corrected chi connectivity index (χ3v) is 2.91. The van der Waals surface area contributed by atoms with Crippen LogP contribution in [0.2, 0.25) is 0 Å². The number of anilines is 1. The standard InChI is InChI=1S/C17H18F2N2O/c1-12-3-7-14(8-4-12)20-17(22-11-16(18)19)21-15-9-5-13(2)6-10-15/h3-10,16H,11H2,1-2H3,(H,20,21). The number of nitrogens with one attached hydrogen (secondary N) is 1. The van der Waals surface area contributed by atoms with E-state index in [0.717, 1.165) is 16.8 Å². The van der Waals surface area contributed by atoms with Gasteiger partial charge < -0.3 is 10.1 Å². The zero-order valence-corrected chi connectivity index (χ0v) is 12.5. The summed E-state index contributed by atoms with van der Waals surface area (Å²) in [5.41, 5.74) is 3.57. The number of aryl methyl sites for hydroxylation is 2. The van der Waals surface area contributed by atoms with Gasteiger partial charge in [-0.15, -0.1) is 0 Å². The summed E-state index contributed by atoms with van der Waals surface area (Å²) in [4.78, 5) is 4.24. The van der Waals surface area contributed by atoms with Crippen molar-refractivity contribution in [1.82, 2.24) is 0 Å². The van der Waals surface area contributed by atoms with E-state index in [4.69, 9.17) is 4.74 Å². The Morgan fingerprint density at radius 2 is 1.55 bits per heavy atom. The van der Waals surface area contributed by atoms with Gasteiger partial charge in [-0.25, -0.2) is 8.78 Å². The molecule has 3 nitrogen and oxygen atoms in total. The Morgan fingerprint density at radius 1 is 1.00 bits per heavy atom. The van der Waals surface area contributed by atoms with Gasteiger partial charge in [0.1, 0.15) is 0 Å². The van der Waals surface area contributed by atoms with E-state index < -0.39 is 13.0 Å². The van der Waals surface area contributed by atoms with E-state index in [1.807, 2.05) is 50.2 Å². The average molecular weight is 304 g/mol. The van der Waals surface area contributed by atoms with Crippen molar-refractivity contribution in [2.75, 3.05) is 11.9 Å². The number of amidine groups is 1. The summed E-state index contributed by atoms with van der Waals surface area (Å²) in [7, 11) is 0. The molecule has 0 saturated heterocycles. The first-order valence-electron chi connectivity index (χ1n) is 6.93. The number of benzene rings is 2. The lowest BCUT2D eigenvalue weighted by molar-refractivity contribution is 0.0763. The van der Waals surface area contributed by atoms with Crippen molar-refractivity contribution in [1.29, 1.82) is 0 Å². The van der Waals surface area contributed by atoms with Gasteiger partial charge in [0.25, 0.3) is 12.4 Å². The number of hydrogen-bond acceptors (Lipinski definition) is 2. The van der Waals surface area contributed by atoms with Crippen LogP contribution in [0.1, 0.15) is 11.1 Å². The molecule has 0 bridgehead atoms. The maximum Gasteiger partial charge on any atom is 0.294 e. The minimum atomic E-state index is -2.55. The third kappa shape index (κ3) is 5.16. The summed E-state index contributed by atoms with van der Waals surface area (Å²) >= 11 is 0. The van der Waals surface area contributed by atoms with E-state index in [1.54, 1.807) is 12.1 Å². The second-order valence-electron chi connectivity index (χ2n) is 4.95. The average Bonchev–Trinajstić information content (AvgIpc) is 2.49. The minimum Gasteiger partial charge on any atom is -0.459 e. The van der Waals surface area contributed by atoms with Crippen LogP contribution in [0.5, 0.6) is 0 Å². The van der Waals surface area contributed by atoms with Gasteiger partial charge >= 0.3 is 0 Å². The van der Waals surface area contributed by atoms with Gasteiger partial charge in [0.15, 0.2) is 6.61 Å². The molecule has 0 amide bonds. The number of rotatable bonds is 4. The van der Waals surface area contributed by atoms with Crippen molar-refractivity contribution in [2.24, 2.45) is 4.99 Å². The lowest BCUT2D eigenvalue weighted by Crippen LogP contribution is -2.19. The summed E-state index contributed by atoms with van der Waals surface area (Å²) in [6.07, 6.45) is -2.55. The second kappa shape index (κ2) is 7.54. The molecular weight excluding hydrogens is 286 g/mol.